The molecule has 2 N–H and O–H groups in total. The molecule has 4 aliphatic rings. The molecule has 0 aromatic heterocycles. The van der Waals surface area contributed by atoms with E-state index in [1.807, 2.05) is 0 Å². The van der Waals surface area contributed by atoms with Gasteiger partial charge in [0.15, 0.2) is 0 Å². The first-order valence-corrected chi connectivity index (χ1v) is 11.9. The molecule has 0 heterocycles. The van der Waals surface area contributed by atoms with Gasteiger partial charge in [0.2, 0.25) is 0 Å². The van der Waals surface area contributed by atoms with Crippen molar-refractivity contribution >= 4 is 0 Å². The minimum absolute atomic E-state index is 0.122. The maximum atomic E-state index is 11.2. The average molecular weight is 375 g/mol. The molecule has 0 aliphatic heterocycles. The number of aliphatic hydroxyl groups is 2. The zero-order valence-electron chi connectivity index (χ0n) is 17.8. The minimum Gasteiger partial charge on any atom is -0.393 e. The summed E-state index contributed by atoms with van der Waals surface area (Å²) in [5, 5.41) is 21.4. The number of aliphatic hydroxyl groups excluding tert-OH is 2. The van der Waals surface area contributed by atoms with Gasteiger partial charge in [-0.15, -0.1) is 0 Å². The highest BCUT2D eigenvalue weighted by Crippen LogP contribution is 2.64. The van der Waals surface area contributed by atoms with Crippen LogP contribution in [0.1, 0.15) is 85.0 Å². The molecule has 0 spiro atoms. The maximum Gasteiger partial charge on any atom is 0.0576 e. The van der Waals surface area contributed by atoms with Gasteiger partial charge in [-0.3, -0.25) is 0 Å². The van der Waals surface area contributed by atoms with Crippen LogP contribution in [0, 0.1) is 46.8 Å². The smallest absolute Gasteiger partial charge is 0.0576 e. The molecule has 0 aromatic carbocycles. The molecule has 2 heteroatoms. The molecule has 0 radical (unpaired) electrons. The highest BCUT2D eigenvalue weighted by Gasteiger charge is 2.59. The van der Waals surface area contributed by atoms with Gasteiger partial charge in [-0.1, -0.05) is 26.0 Å². The van der Waals surface area contributed by atoms with Crippen LogP contribution >= 0.6 is 0 Å². The Morgan fingerprint density at radius 1 is 1.04 bits per heavy atom. The second kappa shape index (κ2) is 7.82. The van der Waals surface area contributed by atoms with Gasteiger partial charge in [-0.05, 0) is 118 Å². The molecule has 4 fully saturated rings. The first kappa shape index (κ1) is 20.0. The SMILES string of the molecule is C/C=C/CCC(C)C1CCC2C1CCC1C2C(O)CC2CC(O)CCC21C. The second-order valence-electron chi connectivity index (χ2n) is 10.9. The fourth-order valence-corrected chi connectivity index (χ4v) is 8.37. The molecule has 10 unspecified atom stereocenters. The van der Waals surface area contributed by atoms with Crippen LogP contribution in [0.25, 0.3) is 0 Å². The molecule has 4 aliphatic carbocycles. The lowest BCUT2D eigenvalue weighted by molar-refractivity contribution is -0.158. The largest absolute Gasteiger partial charge is 0.393 e. The van der Waals surface area contributed by atoms with Crippen LogP contribution in [-0.4, -0.2) is 22.4 Å². The predicted molar refractivity (Wildman–Crippen MR) is 111 cm³/mol. The molecule has 0 saturated heterocycles. The summed E-state index contributed by atoms with van der Waals surface area (Å²) in [4.78, 5) is 0. The van der Waals surface area contributed by atoms with E-state index >= 15 is 0 Å². The number of allylic oxidation sites excluding steroid dienone is 2. The van der Waals surface area contributed by atoms with E-state index in [1.54, 1.807) is 0 Å². The molecule has 10 atom stereocenters. The Kier molecular flexibility index (Phi) is 5.78. The molecule has 4 saturated carbocycles. The van der Waals surface area contributed by atoms with Crippen molar-refractivity contribution in [2.45, 2.75) is 97.2 Å². The minimum atomic E-state index is -0.128. The molecular weight excluding hydrogens is 332 g/mol. The predicted octanol–water partition coefficient (Wildman–Crippen LogP) is 5.58. The summed E-state index contributed by atoms with van der Waals surface area (Å²) < 4.78 is 0. The van der Waals surface area contributed by atoms with Crippen molar-refractivity contribution in [1.82, 2.24) is 0 Å². The van der Waals surface area contributed by atoms with E-state index in [9.17, 15) is 10.2 Å². The third-order valence-corrected chi connectivity index (χ3v) is 9.78. The van der Waals surface area contributed by atoms with E-state index in [2.05, 4.69) is 32.9 Å². The zero-order chi connectivity index (χ0) is 19.2. The van der Waals surface area contributed by atoms with Gasteiger partial charge in [-0.25, -0.2) is 0 Å². The monoisotopic (exact) mass is 374 g/mol. The quantitative estimate of drug-likeness (QED) is 0.631. The van der Waals surface area contributed by atoms with E-state index in [1.165, 1.54) is 44.9 Å². The van der Waals surface area contributed by atoms with Gasteiger partial charge >= 0.3 is 0 Å². The van der Waals surface area contributed by atoms with Gasteiger partial charge in [0.1, 0.15) is 0 Å². The molecule has 0 aromatic rings. The standard InChI is InChI=1S/C25H42O2/c1-4-5-6-7-16(2)19-8-9-21-20(19)10-11-22-24(21)23(27)15-17-14-18(26)12-13-25(17,22)3/h4-5,16-24,26-27H,6-15H2,1-3H3/b5-4+. The normalized spacial score (nSPS) is 50.9. The van der Waals surface area contributed by atoms with Gasteiger partial charge in [0, 0.05) is 0 Å². The lowest BCUT2D eigenvalue weighted by Crippen LogP contribution is -2.56. The third-order valence-electron chi connectivity index (χ3n) is 9.78. The molecular formula is C25H42O2. The summed E-state index contributed by atoms with van der Waals surface area (Å²) in [5.74, 6) is 5.08. The van der Waals surface area contributed by atoms with Crippen LogP contribution in [0.2, 0.25) is 0 Å². The first-order chi connectivity index (χ1) is 13.0. The first-order valence-electron chi connectivity index (χ1n) is 11.9. The highest BCUT2D eigenvalue weighted by atomic mass is 16.3. The van der Waals surface area contributed by atoms with E-state index in [4.69, 9.17) is 0 Å². The Morgan fingerprint density at radius 3 is 2.59 bits per heavy atom. The Bertz CT molecular complexity index is 542. The highest BCUT2D eigenvalue weighted by molar-refractivity contribution is 5.08. The summed E-state index contributed by atoms with van der Waals surface area (Å²) in [6.07, 6.45) is 16.3. The van der Waals surface area contributed by atoms with Crippen molar-refractivity contribution in [2.24, 2.45) is 46.8 Å². The van der Waals surface area contributed by atoms with Crippen LogP contribution in [0.5, 0.6) is 0 Å². The topological polar surface area (TPSA) is 40.5 Å². The van der Waals surface area contributed by atoms with Crippen molar-refractivity contribution in [2.75, 3.05) is 0 Å². The maximum absolute atomic E-state index is 11.2. The molecule has 4 rings (SSSR count). The Labute approximate surface area is 166 Å². The summed E-state index contributed by atoms with van der Waals surface area (Å²) in [7, 11) is 0. The second-order valence-corrected chi connectivity index (χ2v) is 10.9. The van der Waals surface area contributed by atoms with Crippen LogP contribution in [0.4, 0.5) is 0 Å². The van der Waals surface area contributed by atoms with E-state index in [0.29, 0.717) is 23.2 Å². The lowest BCUT2D eigenvalue weighted by Gasteiger charge is -2.60. The van der Waals surface area contributed by atoms with Crippen molar-refractivity contribution in [3.8, 4) is 0 Å². The lowest BCUT2D eigenvalue weighted by atomic mass is 9.46. The van der Waals surface area contributed by atoms with Crippen LogP contribution in [-0.2, 0) is 0 Å². The van der Waals surface area contributed by atoms with E-state index < -0.39 is 0 Å². The average Bonchev–Trinajstić information content (AvgIpc) is 3.07. The summed E-state index contributed by atoms with van der Waals surface area (Å²) in [6.45, 7) is 7.12. The molecule has 27 heavy (non-hydrogen) atoms. The van der Waals surface area contributed by atoms with E-state index in [0.717, 1.165) is 42.9 Å². The van der Waals surface area contributed by atoms with E-state index in [-0.39, 0.29) is 12.2 Å². The van der Waals surface area contributed by atoms with Crippen molar-refractivity contribution in [1.29, 1.82) is 0 Å². The summed E-state index contributed by atoms with van der Waals surface area (Å²) >= 11 is 0. The Balaban J connectivity index is 1.49. The van der Waals surface area contributed by atoms with Gasteiger partial charge < -0.3 is 10.2 Å². The van der Waals surface area contributed by atoms with Gasteiger partial charge in [0.25, 0.3) is 0 Å². The van der Waals surface area contributed by atoms with Gasteiger partial charge in [0.05, 0.1) is 12.2 Å². The van der Waals surface area contributed by atoms with Crippen molar-refractivity contribution in [3.63, 3.8) is 0 Å². The zero-order valence-corrected chi connectivity index (χ0v) is 17.8. The van der Waals surface area contributed by atoms with Crippen LogP contribution < -0.4 is 0 Å². The Morgan fingerprint density at radius 2 is 1.81 bits per heavy atom. The Hall–Kier alpha value is -0.340. The number of rotatable bonds is 4. The fraction of sp³-hybridized carbons (Fsp3) is 0.920. The fourth-order valence-electron chi connectivity index (χ4n) is 8.37. The third kappa shape index (κ3) is 3.44. The van der Waals surface area contributed by atoms with Crippen molar-refractivity contribution in [3.05, 3.63) is 12.2 Å². The number of hydrogen-bond donors (Lipinski definition) is 2. The molecule has 0 amide bonds. The number of fused-ring (bicyclic) bond motifs is 5. The van der Waals surface area contributed by atoms with Crippen molar-refractivity contribution < 1.29 is 10.2 Å². The molecule has 154 valence electrons. The van der Waals surface area contributed by atoms with Gasteiger partial charge in [-0.2, -0.15) is 0 Å². The van der Waals surface area contributed by atoms with Crippen LogP contribution in [0.15, 0.2) is 12.2 Å². The summed E-state index contributed by atoms with van der Waals surface area (Å²) in [5.41, 5.74) is 0.365. The molecule has 0 bridgehead atoms. The summed E-state index contributed by atoms with van der Waals surface area (Å²) in [6, 6.07) is 0. The number of hydrogen-bond acceptors (Lipinski definition) is 2. The molecule has 2 nitrogen and oxygen atoms in total. The van der Waals surface area contributed by atoms with Crippen LogP contribution in [0.3, 0.4) is 0 Å².